The van der Waals surface area contributed by atoms with Crippen molar-refractivity contribution in [2.75, 3.05) is 7.05 Å². The summed E-state index contributed by atoms with van der Waals surface area (Å²) in [4.78, 5) is 0. The molecule has 16 heavy (non-hydrogen) atoms. The fourth-order valence-corrected chi connectivity index (χ4v) is 2.53. The van der Waals surface area contributed by atoms with Crippen LogP contribution in [0.15, 0.2) is 35.9 Å². The summed E-state index contributed by atoms with van der Waals surface area (Å²) >= 11 is 6.18. The Morgan fingerprint density at radius 1 is 1.38 bits per heavy atom. The molecule has 0 saturated carbocycles. The van der Waals surface area contributed by atoms with E-state index in [4.69, 9.17) is 11.6 Å². The SMILES string of the molecule is CNC(Cc1ccccc1Cl)C1=CCCC1. The zero-order valence-corrected chi connectivity index (χ0v) is 10.4. The van der Waals surface area contributed by atoms with Gasteiger partial charge in [-0.25, -0.2) is 0 Å². The van der Waals surface area contributed by atoms with E-state index < -0.39 is 0 Å². The summed E-state index contributed by atoms with van der Waals surface area (Å²) in [7, 11) is 2.03. The topological polar surface area (TPSA) is 12.0 Å². The van der Waals surface area contributed by atoms with Crippen LogP contribution in [0.25, 0.3) is 0 Å². The molecule has 86 valence electrons. The number of allylic oxidation sites excluding steroid dienone is 1. The molecule has 0 spiro atoms. The Labute approximate surface area is 103 Å². The van der Waals surface area contributed by atoms with Crippen LogP contribution in [0.4, 0.5) is 0 Å². The molecule has 0 aliphatic heterocycles. The van der Waals surface area contributed by atoms with Gasteiger partial charge in [0.2, 0.25) is 0 Å². The molecule has 1 aromatic rings. The van der Waals surface area contributed by atoms with E-state index in [1.54, 1.807) is 5.57 Å². The van der Waals surface area contributed by atoms with Crippen LogP contribution in [0.5, 0.6) is 0 Å². The molecule has 0 fully saturated rings. The number of likely N-dealkylation sites (N-methyl/N-ethyl adjacent to an activating group) is 1. The van der Waals surface area contributed by atoms with Gasteiger partial charge in [0, 0.05) is 11.1 Å². The summed E-state index contributed by atoms with van der Waals surface area (Å²) in [5.74, 6) is 0. The number of benzene rings is 1. The Bertz CT molecular complexity index is 384. The third kappa shape index (κ3) is 2.66. The van der Waals surface area contributed by atoms with Crippen LogP contribution in [-0.2, 0) is 6.42 Å². The first kappa shape index (κ1) is 11.7. The minimum atomic E-state index is 0.447. The highest BCUT2D eigenvalue weighted by atomic mass is 35.5. The van der Waals surface area contributed by atoms with Crippen LogP contribution >= 0.6 is 11.6 Å². The molecule has 2 rings (SSSR count). The number of hydrogen-bond donors (Lipinski definition) is 1. The van der Waals surface area contributed by atoms with Crippen molar-refractivity contribution in [1.29, 1.82) is 0 Å². The van der Waals surface area contributed by atoms with Gasteiger partial charge >= 0.3 is 0 Å². The van der Waals surface area contributed by atoms with Gasteiger partial charge < -0.3 is 5.32 Å². The number of hydrogen-bond acceptors (Lipinski definition) is 1. The molecule has 0 aromatic heterocycles. The summed E-state index contributed by atoms with van der Waals surface area (Å²) in [6, 6.07) is 8.56. The molecule has 1 aromatic carbocycles. The van der Waals surface area contributed by atoms with E-state index in [2.05, 4.69) is 23.5 Å². The molecule has 1 aliphatic rings. The number of halogens is 1. The summed E-state index contributed by atoms with van der Waals surface area (Å²) in [6.45, 7) is 0. The highest BCUT2D eigenvalue weighted by molar-refractivity contribution is 6.31. The molecule has 1 aliphatic carbocycles. The summed E-state index contributed by atoms with van der Waals surface area (Å²) in [6.07, 6.45) is 7.13. The predicted octanol–water partition coefficient (Wildman–Crippen LogP) is 3.58. The van der Waals surface area contributed by atoms with Gasteiger partial charge in [-0.1, -0.05) is 41.4 Å². The largest absolute Gasteiger partial charge is 0.313 e. The number of nitrogens with one attached hydrogen (secondary N) is 1. The molecule has 0 radical (unpaired) electrons. The Morgan fingerprint density at radius 3 is 2.81 bits per heavy atom. The van der Waals surface area contributed by atoms with Gasteiger partial charge in [0.25, 0.3) is 0 Å². The number of rotatable bonds is 4. The maximum Gasteiger partial charge on any atom is 0.0438 e. The molecule has 0 amide bonds. The van der Waals surface area contributed by atoms with Crippen molar-refractivity contribution in [3.63, 3.8) is 0 Å². The summed E-state index contributed by atoms with van der Waals surface area (Å²) in [5.41, 5.74) is 2.78. The highest BCUT2D eigenvalue weighted by Gasteiger charge is 2.16. The van der Waals surface area contributed by atoms with E-state index in [1.807, 2.05) is 19.2 Å². The first-order valence-corrected chi connectivity index (χ1v) is 6.28. The van der Waals surface area contributed by atoms with E-state index in [9.17, 15) is 0 Å². The first-order valence-electron chi connectivity index (χ1n) is 5.91. The fourth-order valence-electron chi connectivity index (χ4n) is 2.31. The van der Waals surface area contributed by atoms with Crippen LogP contribution in [0.2, 0.25) is 5.02 Å². The fraction of sp³-hybridized carbons (Fsp3) is 0.429. The van der Waals surface area contributed by atoms with Crippen molar-refractivity contribution in [1.82, 2.24) is 5.32 Å². The minimum absolute atomic E-state index is 0.447. The van der Waals surface area contributed by atoms with Crippen LogP contribution in [0, 0.1) is 0 Å². The molecule has 1 atom stereocenters. The standard InChI is InChI=1S/C14H18ClN/c1-16-14(11-6-2-3-7-11)10-12-8-4-5-9-13(12)15/h4-6,8-9,14,16H,2-3,7,10H2,1H3. The summed E-state index contributed by atoms with van der Waals surface area (Å²) in [5, 5.41) is 4.27. The zero-order valence-electron chi connectivity index (χ0n) is 9.67. The van der Waals surface area contributed by atoms with Gasteiger partial charge in [0.1, 0.15) is 0 Å². The van der Waals surface area contributed by atoms with Crippen molar-refractivity contribution in [3.05, 3.63) is 46.5 Å². The lowest BCUT2D eigenvalue weighted by Crippen LogP contribution is -2.29. The second kappa shape index (κ2) is 5.51. The smallest absolute Gasteiger partial charge is 0.0438 e. The van der Waals surface area contributed by atoms with Crippen molar-refractivity contribution >= 4 is 11.6 Å². The second-order valence-electron chi connectivity index (χ2n) is 4.31. The second-order valence-corrected chi connectivity index (χ2v) is 4.72. The Hall–Kier alpha value is -0.790. The third-order valence-electron chi connectivity index (χ3n) is 3.25. The van der Waals surface area contributed by atoms with Crippen LogP contribution in [0.1, 0.15) is 24.8 Å². The monoisotopic (exact) mass is 235 g/mol. The van der Waals surface area contributed by atoms with E-state index in [-0.39, 0.29) is 0 Å². The molecule has 1 nitrogen and oxygen atoms in total. The van der Waals surface area contributed by atoms with Crippen LogP contribution < -0.4 is 5.32 Å². The van der Waals surface area contributed by atoms with Crippen LogP contribution in [0.3, 0.4) is 0 Å². The lowest BCUT2D eigenvalue weighted by molar-refractivity contribution is 0.616. The van der Waals surface area contributed by atoms with Crippen molar-refractivity contribution in [2.45, 2.75) is 31.7 Å². The predicted molar refractivity (Wildman–Crippen MR) is 69.9 cm³/mol. The highest BCUT2D eigenvalue weighted by Crippen LogP contribution is 2.25. The first-order chi connectivity index (χ1) is 7.81. The lowest BCUT2D eigenvalue weighted by Gasteiger charge is -2.18. The molecule has 0 saturated heterocycles. The van der Waals surface area contributed by atoms with Gasteiger partial charge in [0.05, 0.1) is 0 Å². The maximum atomic E-state index is 6.18. The van der Waals surface area contributed by atoms with Gasteiger partial charge in [0.15, 0.2) is 0 Å². The van der Waals surface area contributed by atoms with Gasteiger partial charge in [-0.3, -0.25) is 0 Å². The van der Waals surface area contributed by atoms with Gasteiger partial charge in [-0.15, -0.1) is 0 Å². The van der Waals surface area contributed by atoms with Gasteiger partial charge in [-0.2, -0.15) is 0 Å². The molecule has 0 heterocycles. The molecular weight excluding hydrogens is 218 g/mol. The van der Waals surface area contributed by atoms with Gasteiger partial charge in [-0.05, 0) is 44.4 Å². The Kier molecular flexibility index (Phi) is 4.03. The molecule has 0 bridgehead atoms. The van der Waals surface area contributed by atoms with E-state index in [0.29, 0.717) is 6.04 Å². The minimum Gasteiger partial charge on any atom is -0.313 e. The normalized spacial score (nSPS) is 17.2. The van der Waals surface area contributed by atoms with Crippen molar-refractivity contribution in [2.24, 2.45) is 0 Å². The maximum absolute atomic E-state index is 6.18. The molecule has 1 N–H and O–H groups in total. The lowest BCUT2D eigenvalue weighted by atomic mass is 9.98. The van der Waals surface area contributed by atoms with E-state index in [0.717, 1.165) is 11.4 Å². The molecular formula is C14H18ClN. The molecule has 2 heteroatoms. The van der Waals surface area contributed by atoms with Crippen molar-refractivity contribution < 1.29 is 0 Å². The van der Waals surface area contributed by atoms with Crippen molar-refractivity contribution in [3.8, 4) is 0 Å². The molecule has 1 unspecified atom stereocenters. The third-order valence-corrected chi connectivity index (χ3v) is 3.62. The zero-order chi connectivity index (χ0) is 11.4. The average molecular weight is 236 g/mol. The van der Waals surface area contributed by atoms with Crippen LogP contribution in [-0.4, -0.2) is 13.1 Å². The van der Waals surface area contributed by atoms with E-state index >= 15 is 0 Å². The summed E-state index contributed by atoms with van der Waals surface area (Å²) < 4.78 is 0. The Morgan fingerprint density at radius 2 is 2.19 bits per heavy atom. The quantitative estimate of drug-likeness (QED) is 0.787. The Balaban J connectivity index is 2.10. The average Bonchev–Trinajstić information content (AvgIpc) is 2.81. The van der Waals surface area contributed by atoms with E-state index in [1.165, 1.54) is 24.8 Å².